The van der Waals surface area contributed by atoms with Crippen molar-refractivity contribution in [3.8, 4) is 11.3 Å². The van der Waals surface area contributed by atoms with Crippen molar-refractivity contribution in [1.82, 2.24) is 9.97 Å². The Labute approximate surface area is 187 Å². The minimum absolute atomic E-state index is 0.00375. The summed E-state index contributed by atoms with van der Waals surface area (Å²) in [5.74, 6) is 0.250. The van der Waals surface area contributed by atoms with Gasteiger partial charge in [0.2, 0.25) is 11.9 Å². The number of nitrogens with zero attached hydrogens (tertiary/aromatic N) is 3. The summed E-state index contributed by atoms with van der Waals surface area (Å²) in [4.78, 5) is 26.3. The molecule has 0 aliphatic carbocycles. The molecule has 1 heterocycles. The highest BCUT2D eigenvalue weighted by atomic mass is 19.1. The number of amides is 1. The first-order chi connectivity index (χ1) is 15.3. The van der Waals surface area contributed by atoms with Crippen LogP contribution in [-0.4, -0.2) is 21.8 Å². The molecule has 0 saturated heterocycles. The molecule has 0 aliphatic heterocycles. The Morgan fingerprint density at radius 2 is 1.84 bits per heavy atom. The summed E-state index contributed by atoms with van der Waals surface area (Å²) in [6.07, 6.45) is 3.24. The number of hydrogen-bond acceptors (Lipinski definition) is 3. The second kappa shape index (κ2) is 9.87. The number of allylic oxidation sites excluding steroid dienone is 2. The third kappa shape index (κ3) is 5.00. The predicted molar refractivity (Wildman–Crippen MR) is 127 cm³/mol. The van der Waals surface area contributed by atoms with Crippen LogP contribution in [0.1, 0.15) is 38.2 Å². The number of guanidine groups is 1. The van der Waals surface area contributed by atoms with Crippen molar-refractivity contribution in [1.29, 1.82) is 0 Å². The highest BCUT2D eigenvalue weighted by Gasteiger charge is 2.20. The molecular weight excluding hydrogens is 405 g/mol. The summed E-state index contributed by atoms with van der Waals surface area (Å²) >= 11 is 0. The van der Waals surface area contributed by atoms with E-state index in [9.17, 15) is 9.18 Å². The highest BCUT2D eigenvalue weighted by molar-refractivity contribution is 6.15. The fourth-order valence-electron chi connectivity index (χ4n) is 3.18. The Bertz CT molecular complexity index is 1160. The molecule has 0 spiro atoms. The smallest absolute Gasteiger partial charge is 0.230 e. The Balaban J connectivity index is 2.14. The number of para-hydroxylation sites is 1. The van der Waals surface area contributed by atoms with E-state index in [0.717, 1.165) is 11.4 Å². The number of carbonyl (C=O) groups is 1. The first-order valence-electron chi connectivity index (χ1n) is 10.2. The number of rotatable bonds is 6. The second-order valence-corrected chi connectivity index (χ2v) is 7.45. The molecular formula is C25H26FN5O. The van der Waals surface area contributed by atoms with Crippen molar-refractivity contribution < 1.29 is 9.18 Å². The van der Waals surface area contributed by atoms with E-state index in [-0.39, 0.29) is 23.6 Å². The zero-order chi connectivity index (χ0) is 23.3. The quantitative estimate of drug-likeness (QED) is 0.318. The molecule has 7 heteroatoms. The zero-order valence-corrected chi connectivity index (χ0v) is 18.3. The van der Waals surface area contributed by atoms with Gasteiger partial charge in [-0.05, 0) is 42.5 Å². The number of aromatic amines is 1. The molecule has 0 saturated carbocycles. The predicted octanol–water partition coefficient (Wildman–Crippen LogP) is 5.23. The minimum atomic E-state index is -0.331. The number of nitrogens with one attached hydrogen (secondary N) is 1. The van der Waals surface area contributed by atoms with Crippen molar-refractivity contribution in [3.63, 3.8) is 0 Å². The number of benzene rings is 2. The highest BCUT2D eigenvalue weighted by Crippen LogP contribution is 2.30. The fourth-order valence-corrected chi connectivity index (χ4v) is 3.18. The van der Waals surface area contributed by atoms with Crippen LogP contribution in [0.2, 0.25) is 0 Å². The number of hydrogen-bond donors (Lipinski definition) is 2. The molecule has 1 amide bonds. The molecule has 3 aromatic rings. The van der Waals surface area contributed by atoms with Gasteiger partial charge in [0.25, 0.3) is 0 Å². The van der Waals surface area contributed by atoms with Crippen molar-refractivity contribution >= 4 is 23.3 Å². The Morgan fingerprint density at radius 3 is 2.41 bits per heavy atom. The lowest BCUT2D eigenvalue weighted by molar-refractivity contribution is -0.115. The van der Waals surface area contributed by atoms with E-state index in [1.54, 1.807) is 36.4 Å². The molecule has 3 rings (SSSR count). The van der Waals surface area contributed by atoms with Gasteiger partial charge in [0.1, 0.15) is 17.3 Å². The maximum absolute atomic E-state index is 13.5. The third-order valence-electron chi connectivity index (χ3n) is 4.71. The Morgan fingerprint density at radius 1 is 1.19 bits per heavy atom. The van der Waals surface area contributed by atoms with Gasteiger partial charge in [-0.1, -0.05) is 44.7 Å². The summed E-state index contributed by atoms with van der Waals surface area (Å²) in [5.41, 5.74) is 9.25. The number of H-pyrrole nitrogens is 1. The van der Waals surface area contributed by atoms with Crippen molar-refractivity contribution in [3.05, 3.63) is 90.7 Å². The van der Waals surface area contributed by atoms with E-state index in [2.05, 4.69) is 16.6 Å². The van der Waals surface area contributed by atoms with Crippen LogP contribution in [0.5, 0.6) is 0 Å². The van der Waals surface area contributed by atoms with Gasteiger partial charge in [-0.3, -0.25) is 9.69 Å². The maximum atomic E-state index is 13.5. The molecule has 0 radical (unpaired) electrons. The van der Waals surface area contributed by atoms with Crippen LogP contribution < -0.4 is 10.6 Å². The maximum Gasteiger partial charge on any atom is 0.230 e. The molecule has 0 fully saturated rings. The summed E-state index contributed by atoms with van der Waals surface area (Å²) in [5, 5.41) is 0. The molecule has 2 aromatic carbocycles. The van der Waals surface area contributed by atoms with Gasteiger partial charge in [0.15, 0.2) is 0 Å². The molecule has 0 unspecified atom stereocenters. The van der Waals surface area contributed by atoms with Gasteiger partial charge < -0.3 is 10.7 Å². The Kier molecular flexibility index (Phi) is 7.00. The second-order valence-electron chi connectivity index (χ2n) is 7.45. The van der Waals surface area contributed by atoms with E-state index in [1.165, 1.54) is 24.0 Å². The van der Waals surface area contributed by atoms with Crippen molar-refractivity contribution in [2.45, 2.75) is 26.7 Å². The molecule has 1 aromatic heterocycles. The van der Waals surface area contributed by atoms with Gasteiger partial charge in [-0.2, -0.15) is 0 Å². The summed E-state index contributed by atoms with van der Waals surface area (Å²) in [6.45, 7) is 9.22. The van der Waals surface area contributed by atoms with Gasteiger partial charge in [-0.25, -0.2) is 14.4 Å². The number of nitrogens with two attached hydrogens (primary N) is 1. The monoisotopic (exact) mass is 431 g/mol. The standard InChI is InChI=1S/C25H26FN5O/c1-5-9-21(28-25(27)31(17(4)32)20-10-7-6-8-11-20)23-22(29-24(30-23)16(2)3)18-12-14-19(26)15-13-18/h5-16H,1H2,2-4H3,(H2,27,28)(H,29,30)/b21-9-. The van der Waals surface area contributed by atoms with Gasteiger partial charge in [0.05, 0.1) is 17.1 Å². The summed E-state index contributed by atoms with van der Waals surface area (Å²) < 4.78 is 13.5. The molecule has 0 bridgehead atoms. The van der Waals surface area contributed by atoms with Crippen LogP contribution in [-0.2, 0) is 4.79 Å². The van der Waals surface area contributed by atoms with Crippen LogP contribution in [0.15, 0.2) is 78.3 Å². The summed E-state index contributed by atoms with van der Waals surface area (Å²) in [7, 11) is 0. The number of aromatic nitrogens is 2. The van der Waals surface area contributed by atoms with E-state index in [0.29, 0.717) is 22.8 Å². The van der Waals surface area contributed by atoms with Crippen molar-refractivity contribution in [2.24, 2.45) is 10.7 Å². The average Bonchev–Trinajstić information content (AvgIpc) is 3.20. The number of halogens is 1. The van der Waals surface area contributed by atoms with Gasteiger partial charge in [0, 0.05) is 18.4 Å². The van der Waals surface area contributed by atoms with E-state index in [1.807, 2.05) is 32.0 Å². The zero-order valence-electron chi connectivity index (χ0n) is 18.3. The number of imidazole rings is 1. The van der Waals surface area contributed by atoms with Crippen molar-refractivity contribution in [2.75, 3.05) is 4.90 Å². The third-order valence-corrected chi connectivity index (χ3v) is 4.71. The molecule has 0 atom stereocenters. The van der Waals surface area contributed by atoms with Crippen LogP contribution in [0.25, 0.3) is 17.0 Å². The molecule has 164 valence electrons. The van der Waals surface area contributed by atoms with Gasteiger partial charge in [-0.15, -0.1) is 0 Å². The van der Waals surface area contributed by atoms with E-state index in [4.69, 9.17) is 10.7 Å². The molecule has 32 heavy (non-hydrogen) atoms. The summed E-state index contributed by atoms with van der Waals surface area (Å²) in [6, 6.07) is 15.1. The lowest BCUT2D eigenvalue weighted by Gasteiger charge is -2.20. The first kappa shape index (κ1) is 22.7. The van der Waals surface area contributed by atoms with Crippen LogP contribution in [0.3, 0.4) is 0 Å². The van der Waals surface area contributed by atoms with E-state index < -0.39 is 0 Å². The molecule has 6 nitrogen and oxygen atoms in total. The van der Waals surface area contributed by atoms with E-state index >= 15 is 0 Å². The first-order valence-corrected chi connectivity index (χ1v) is 10.2. The average molecular weight is 432 g/mol. The van der Waals surface area contributed by atoms with Crippen LogP contribution in [0.4, 0.5) is 10.1 Å². The Hall–Kier alpha value is -4.00. The largest absolute Gasteiger partial charge is 0.369 e. The topological polar surface area (TPSA) is 87.4 Å². The molecule has 3 N–H and O–H groups in total. The van der Waals surface area contributed by atoms with Gasteiger partial charge >= 0.3 is 0 Å². The number of aliphatic imine (C=N–C) groups is 1. The van der Waals surface area contributed by atoms with Crippen LogP contribution in [0, 0.1) is 5.82 Å². The van der Waals surface area contributed by atoms with Crippen LogP contribution >= 0.6 is 0 Å². The lowest BCUT2D eigenvalue weighted by Crippen LogP contribution is -2.40. The minimum Gasteiger partial charge on any atom is -0.369 e. The SMILES string of the molecule is C=C/C=C(\N=C(/N)N(C(C)=O)c1ccccc1)c1nc(C(C)C)[nH]c1-c1ccc(F)cc1. The molecule has 0 aliphatic rings. The normalized spacial score (nSPS) is 12.2. The fraction of sp³-hybridized carbons (Fsp3) is 0.160. The number of carbonyl (C=O) groups excluding carboxylic acids is 1. The number of anilines is 1. The lowest BCUT2D eigenvalue weighted by atomic mass is 10.1.